The van der Waals surface area contributed by atoms with Gasteiger partial charge in [0.1, 0.15) is 0 Å². The van der Waals surface area contributed by atoms with Gasteiger partial charge in [-0.3, -0.25) is 4.57 Å². The molecular weight excluding hydrogens is 809 g/mol. The average Bonchev–Trinajstić information content (AvgIpc) is 3.92. The predicted molar refractivity (Wildman–Crippen MR) is 267 cm³/mol. The second kappa shape index (κ2) is 15.3. The standard InChI is InChI=1S/C58H36N8/c1-4-18-38(19-5-1)53-59-54(62-57(61-53)46-28-16-24-37-17-10-11-25-43(37)46)41-31-33-42(34-32-41)65-49-30-15-13-27-47(49)51-50(65)36-35-45-44-26-12-14-29-48(44)66(52(45)51)58-63-55(39-20-6-2-7-21-39)60-56(64-58)40-22-8-3-9-23-40/h1-36H. The first kappa shape index (κ1) is 37.4. The first-order chi connectivity index (χ1) is 32.7. The Morgan fingerprint density at radius 1 is 0.273 bits per heavy atom. The molecular formula is C58H36N8. The van der Waals surface area contributed by atoms with E-state index in [4.69, 9.17) is 29.9 Å². The normalized spacial score (nSPS) is 11.6. The lowest BCUT2D eigenvalue weighted by Gasteiger charge is -2.12. The predicted octanol–water partition coefficient (Wildman–Crippen LogP) is 13.7. The second-order valence-electron chi connectivity index (χ2n) is 16.3. The molecule has 13 aromatic rings. The highest BCUT2D eigenvalue weighted by Crippen LogP contribution is 2.42. The van der Waals surface area contributed by atoms with Crippen LogP contribution >= 0.6 is 0 Å². The van der Waals surface area contributed by atoms with E-state index in [1.807, 2.05) is 91.0 Å². The van der Waals surface area contributed by atoms with Crippen LogP contribution in [0.5, 0.6) is 0 Å². The number of hydrogen-bond donors (Lipinski definition) is 0. The van der Waals surface area contributed by atoms with E-state index in [9.17, 15) is 0 Å². The summed E-state index contributed by atoms with van der Waals surface area (Å²) in [6.07, 6.45) is 0. The largest absolute Gasteiger partial charge is 0.309 e. The van der Waals surface area contributed by atoms with Gasteiger partial charge < -0.3 is 4.57 Å². The maximum atomic E-state index is 5.25. The van der Waals surface area contributed by atoms with Gasteiger partial charge in [0.15, 0.2) is 29.1 Å². The Labute approximate surface area is 378 Å². The number of para-hydroxylation sites is 2. The van der Waals surface area contributed by atoms with Crippen LogP contribution in [0.15, 0.2) is 218 Å². The smallest absolute Gasteiger partial charge is 0.238 e. The van der Waals surface area contributed by atoms with Gasteiger partial charge in [0.2, 0.25) is 5.95 Å². The van der Waals surface area contributed by atoms with Crippen LogP contribution in [0.25, 0.3) is 123 Å². The minimum atomic E-state index is 0.553. The van der Waals surface area contributed by atoms with Gasteiger partial charge in [-0.05, 0) is 53.2 Å². The maximum Gasteiger partial charge on any atom is 0.238 e. The monoisotopic (exact) mass is 844 g/mol. The first-order valence-corrected chi connectivity index (χ1v) is 22.0. The van der Waals surface area contributed by atoms with Crippen LogP contribution in [-0.2, 0) is 0 Å². The van der Waals surface area contributed by atoms with E-state index in [1.165, 1.54) is 0 Å². The van der Waals surface area contributed by atoms with Crippen molar-refractivity contribution < 1.29 is 0 Å². The SMILES string of the molecule is c1ccc(-c2nc(-c3ccc(-n4c5ccccc5c5c4ccc4c6ccccc6n(-c6nc(-c7ccccc7)nc(-c7ccccc7)n6)c45)cc3)nc(-c3cccc4ccccc34)n2)cc1. The Morgan fingerprint density at radius 2 is 0.742 bits per heavy atom. The van der Waals surface area contributed by atoms with Crippen LogP contribution in [-0.4, -0.2) is 39.0 Å². The molecule has 0 atom stereocenters. The van der Waals surface area contributed by atoms with Crippen molar-refractivity contribution in [3.05, 3.63) is 218 Å². The Hall–Kier alpha value is -9.14. The summed E-state index contributed by atoms with van der Waals surface area (Å²) in [5, 5.41) is 6.69. The van der Waals surface area contributed by atoms with E-state index in [0.717, 1.165) is 87.9 Å². The van der Waals surface area contributed by atoms with Gasteiger partial charge >= 0.3 is 0 Å². The van der Waals surface area contributed by atoms with Crippen molar-refractivity contribution in [3.63, 3.8) is 0 Å². The van der Waals surface area contributed by atoms with E-state index in [0.29, 0.717) is 35.1 Å². The molecule has 4 aromatic heterocycles. The summed E-state index contributed by atoms with van der Waals surface area (Å²) in [6.45, 7) is 0. The summed E-state index contributed by atoms with van der Waals surface area (Å²) in [6, 6.07) is 75.2. The molecule has 0 saturated heterocycles. The average molecular weight is 845 g/mol. The van der Waals surface area contributed by atoms with Gasteiger partial charge in [0.25, 0.3) is 0 Å². The Morgan fingerprint density at radius 3 is 1.36 bits per heavy atom. The highest BCUT2D eigenvalue weighted by Gasteiger charge is 2.23. The zero-order valence-corrected chi connectivity index (χ0v) is 35.4. The van der Waals surface area contributed by atoms with Crippen molar-refractivity contribution in [2.24, 2.45) is 0 Å². The Kier molecular flexibility index (Phi) is 8.67. The molecule has 0 bridgehead atoms. The molecule has 0 aliphatic carbocycles. The maximum absolute atomic E-state index is 5.25. The first-order valence-electron chi connectivity index (χ1n) is 22.0. The van der Waals surface area contributed by atoms with Crippen LogP contribution in [0.1, 0.15) is 0 Å². The molecule has 0 unspecified atom stereocenters. The minimum absolute atomic E-state index is 0.553. The van der Waals surface area contributed by atoms with Crippen LogP contribution < -0.4 is 0 Å². The van der Waals surface area contributed by atoms with Crippen molar-refractivity contribution in [1.82, 2.24) is 39.0 Å². The van der Waals surface area contributed by atoms with Crippen molar-refractivity contribution in [2.75, 3.05) is 0 Å². The van der Waals surface area contributed by atoms with Crippen LogP contribution in [0.2, 0.25) is 0 Å². The summed E-state index contributed by atoms with van der Waals surface area (Å²) in [4.78, 5) is 30.8. The molecule has 0 spiro atoms. The fourth-order valence-electron chi connectivity index (χ4n) is 9.41. The van der Waals surface area contributed by atoms with Gasteiger partial charge in [-0.1, -0.05) is 176 Å². The lowest BCUT2D eigenvalue weighted by atomic mass is 10.0. The molecule has 66 heavy (non-hydrogen) atoms. The number of aromatic nitrogens is 8. The molecule has 8 heteroatoms. The number of benzene rings is 9. The van der Waals surface area contributed by atoms with Crippen LogP contribution in [0.3, 0.4) is 0 Å². The van der Waals surface area contributed by atoms with E-state index < -0.39 is 0 Å². The molecule has 13 rings (SSSR count). The minimum Gasteiger partial charge on any atom is -0.309 e. The van der Waals surface area contributed by atoms with Crippen LogP contribution in [0.4, 0.5) is 0 Å². The number of rotatable bonds is 7. The number of fused-ring (bicyclic) bond motifs is 8. The zero-order valence-electron chi connectivity index (χ0n) is 35.4. The summed E-state index contributed by atoms with van der Waals surface area (Å²) in [5.74, 6) is 3.63. The Bertz CT molecular complexity index is 3910. The fourth-order valence-corrected chi connectivity index (χ4v) is 9.41. The third-order valence-electron chi connectivity index (χ3n) is 12.4. The van der Waals surface area contributed by atoms with Gasteiger partial charge in [0.05, 0.1) is 22.1 Å². The van der Waals surface area contributed by atoms with Crippen molar-refractivity contribution >= 4 is 54.4 Å². The molecule has 0 aliphatic rings. The quantitative estimate of drug-likeness (QED) is 0.159. The molecule has 0 amide bonds. The highest BCUT2D eigenvalue weighted by molar-refractivity contribution is 6.26. The van der Waals surface area contributed by atoms with Crippen LogP contribution in [0, 0.1) is 0 Å². The van der Waals surface area contributed by atoms with Crippen molar-refractivity contribution in [3.8, 4) is 68.6 Å². The molecule has 8 nitrogen and oxygen atoms in total. The second-order valence-corrected chi connectivity index (χ2v) is 16.3. The van der Waals surface area contributed by atoms with E-state index >= 15 is 0 Å². The molecule has 0 radical (unpaired) electrons. The molecule has 0 saturated carbocycles. The lowest BCUT2D eigenvalue weighted by molar-refractivity contribution is 0.955. The van der Waals surface area contributed by atoms with Crippen molar-refractivity contribution in [1.29, 1.82) is 0 Å². The van der Waals surface area contributed by atoms with E-state index in [1.54, 1.807) is 0 Å². The summed E-state index contributed by atoms with van der Waals surface area (Å²) >= 11 is 0. The molecule has 9 aromatic carbocycles. The molecule has 0 N–H and O–H groups in total. The fraction of sp³-hybridized carbons (Fsp3) is 0. The zero-order chi connectivity index (χ0) is 43.6. The van der Waals surface area contributed by atoms with Gasteiger partial charge in [-0.25, -0.2) is 19.9 Å². The summed E-state index contributed by atoms with van der Waals surface area (Å²) in [5.41, 5.74) is 9.82. The Balaban J connectivity index is 1.01. The molecule has 4 heterocycles. The summed E-state index contributed by atoms with van der Waals surface area (Å²) < 4.78 is 4.57. The number of nitrogens with zero attached hydrogens (tertiary/aromatic N) is 8. The molecule has 0 aliphatic heterocycles. The van der Waals surface area contributed by atoms with Crippen molar-refractivity contribution in [2.45, 2.75) is 0 Å². The van der Waals surface area contributed by atoms with Gasteiger partial charge in [0, 0.05) is 55.0 Å². The summed E-state index contributed by atoms with van der Waals surface area (Å²) in [7, 11) is 0. The lowest BCUT2D eigenvalue weighted by Crippen LogP contribution is -2.06. The van der Waals surface area contributed by atoms with E-state index in [2.05, 4.69) is 137 Å². The van der Waals surface area contributed by atoms with Gasteiger partial charge in [-0.2, -0.15) is 9.97 Å². The van der Waals surface area contributed by atoms with E-state index in [-0.39, 0.29) is 0 Å². The molecule has 0 fully saturated rings. The third kappa shape index (κ3) is 6.15. The van der Waals surface area contributed by atoms with Gasteiger partial charge in [-0.15, -0.1) is 0 Å². The third-order valence-corrected chi connectivity index (χ3v) is 12.4. The molecule has 308 valence electrons. The number of hydrogen-bond acceptors (Lipinski definition) is 6. The highest BCUT2D eigenvalue weighted by atomic mass is 15.2. The topological polar surface area (TPSA) is 87.2 Å².